The van der Waals surface area contributed by atoms with E-state index in [2.05, 4.69) is 10.4 Å². The SMILES string of the molecule is COC1CCCN(C(=O)c2cnc(NN)c(Cl)c2)C1. The number of anilines is 1. The number of ether oxygens (including phenoxy) is 1. The Labute approximate surface area is 116 Å². The number of likely N-dealkylation sites (tertiary alicyclic amines) is 1. The van der Waals surface area contributed by atoms with Crippen LogP contribution in [0.4, 0.5) is 5.82 Å². The molecule has 6 nitrogen and oxygen atoms in total. The molecule has 104 valence electrons. The van der Waals surface area contributed by atoms with E-state index in [-0.39, 0.29) is 12.0 Å². The summed E-state index contributed by atoms with van der Waals surface area (Å²) in [4.78, 5) is 18.1. The van der Waals surface area contributed by atoms with Gasteiger partial charge in [0.2, 0.25) is 0 Å². The summed E-state index contributed by atoms with van der Waals surface area (Å²) in [6, 6.07) is 1.57. The zero-order valence-electron chi connectivity index (χ0n) is 10.7. The Kier molecular flexibility index (Phi) is 4.57. The minimum atomic E-state index is -0.0836. The van der Waals surface area contributed by atoms with E-state index in [1.807, 2.05) is 0 Å². The predicted molar refractivity (Wildman–Crippen MR) is 73.0 cm³/mol. The van der Waals surface area contributed by atoms with Gasteiger partial charge in [-0.25, -0.2) is 10.8 Å². The predicted octanol–water partition coefficient (Wildman–Crippen LogP) is 1.27. The summed E-state index contributed by atoms with van der Waals surface area (Å²) in [7, 11) is 1.67. The highest BCUT2D eigenvalue weighted by molar-refractivity contribution is 6.33. The lowest BCUT2D eigenvalue weighted by Gasteiger charge is -2.32. The molecule has 0 spiro atoms. The first-order valence-electron chi connectivity index (χ1n) is 6.10. The molecule has 1 aliphatic rings. The van der Waals surface area contributed by atoms with E-state index in [1.165, 1.54) is 6.20 Å². The minimum absolute atomic E-state index is 0.0836. The maximum atomic E-state index is 12.3. The zero-order valence-corrected chi connectivity index (χ0v) is 11.5. The molecule has 1 saturated heterocycles. The summed E-state index contributed by atoms with van der Waals surface area (Å²) in [6.07, 6.45) is 3.49. The van der Waals surface area contributed by atoms with Crippen LogP contribution in [0.5, 0.6) is 0 Å². The van der Waals surface area contributed by atoms with Crippen molar-refractivity contribution < 1.29 is 9.53 Å². The maximum Gasteiger partial charge on any atom is 0.255 e. The molecule has 19 heavy (non-hydrogen) atoms. The van der Waals surface area contributed by atoms with Crippen LogP contribution in [0.1, 0.15) is 23.2 Å². The van der Waals surface area contributed by atoms with Crippen molar-refractivity contribution in [2.75, 3.05) is 25.6 Å². The third-order valence-corrected chi connectivity index (χ3v) is 3.51. The van der Waals surface area contributed by atoms with Gasteiger partial charge in [0.25, 0.3) is 5.91 Å². The highest BCUT2D eigenvalue weighted by Crippen LogP contribution is 2.21. The topological polar surface area (TPSA) is 80.5 Å². The number of hydrogen-bond acceptors (Lipinski definition) is 5. The van der Waals surface area contributed by atoms with Gasteiger partial charge in [-0.05, 0) is 18.9 Å². The Bertz CT molecular complexity index is 469. The zero-order chi connectivity index (χ0) is 13.8. The number of aromatic nitrogens is 1. The van der Waals surface area contributed by atoms with Crippen LogP contribution in [-0.4, -0.2) is 42.1 Å². The van der Waals surface area contributed by atoms with E-state index in [4.69, 9.17) is 22.2 Å². The van der Waals surface area contributed by atoms with Crippen LogP contribution in [0.3, 0.4) is 0 Å². The number of hydrazine groups is 1. The van der Waals surface area contributed by atoms with Crippen LogP contribution in [-0.2, 0) is 4.74 Å². The Morgan fingerprint density at radius 1 is 1.68 bits per heavy atom. The molecular weight excluding hydrogens is 268 g/mol. The van der Waals surface area contributed by atoms with Crippen molar-refractivity contribution in [2.45, 2.75) is 18.9 Å². The van der Waals surface area contributed by atoms with Gasteiger partial charge in [0.15, 0.2) is 5.82 Å². The molecule has 1 amide bonds. The number of carbonyl (C=O) groups excluding carboxylic acids is 1. The lowest BCUT2D eigenvalue weighted by molar-refractivity contribution is 0.0268. The molecule has 2 rings (SSSR count). The van der Waals surface area contributed by atoms with Gasteiger partial charge in [-0.3, -0.25) is 4.79 Å². The summed E-state index contributed by atoms with van der Waals surface area (Å²) >= 11 is 5.97. The molecule has 0 aromatic carbocycles. The Morgan fingerprint density at radius 3 is 3.11 bits per heavy atom. The third-order valence-electron chi connectivity index (χ3n) is 3.22. The molecule has 2 heterocycles. The fourth-order valence-corrected chi connectivity index (χ4v) is 2.38. The lowest BCUT2D eigenvalue weighted by Crippen LogP contribution is -2.42. The van der Waals surface area contributed by atoms with Gasteiger partial charge in [0.05, 0.1) is 16.7 Å². The van der Waals surface area contributed by atoms with E-state index in [0.29, 0.717) is 22.9 Å². The Balaban J connectivity index is 2.12. The van der Waals surface area contributed by atoms with Gasteiger partial charge < -0.3 is 15.1 Å². The second-order valence-electron chi connectivity index (χ2n) is 4.45. The summed E-state index contributed by atoms with van der Waals surface area (Å²) in [5.41, 5.74) is 2.83. The first-order chi connectivity index (χ1) is 9.15. The van der Waals surface area contributed by atoms with Crippen LogP contribution < -0.4 is 11.3 Å². The van der Waals surface area contributed by atoms with E-state index >= 15 is 0 Å². The lowest BCUT2D eigenvalue weighted by atomic mass is 10.1. The first-order valence-corrected chi connectivity index (χ1v) is 6.47. The van der Waals surface area contributed by atoms with Crippen molar-refractivity contribution in [1.82, 2.24) is 9.88 Å². The summed E-state index contributed by atoms with van der Waals surface area (Å²) < 4.78 is 5.31. The number of rotatable bonds is 3. The summed E-state index contributed by atoms with van der Waals surface area (Å²) in [5, 5.41) is 0.327. The average molecular weight is 285 g/mol. The fourth-order valence-electron chi connectivity index (χ4n) is 2.16. The van der Waals surface area contributed by atoms with E-state index < -0.39 is 0 Å². The van der Waals surface area contributed by atoms with E-state index in [9.17, 15) is 4.79 Å². The van der Waals surface area contributed by atoms with Gasteiger partial charge in [-0.1, -0.05) is 11.6 Å². The number of halogens is 1. The number of nitrogen functional groups attached to an aromatic ring is 1. The van der Waals surface area contributed by atoms with Crippen molar-refractivity contribution in [1.29, 1.82) is 0 Å². The van der Waals surface area contributed by atoms with Crippen LogP contribution in [0.25, 0.3) is 0 Å². The van der Waals surface area contributed by atoms with Crippen LogP contribution in [0, 0.1) is 0 Å². The molecule has 1 aliphatic heterocycles. The summed E-state index contributed by atoms with van der Waals surface area (Å²) in [6.45, 7) is 1.33. The number of nitrogens with two attached hydrogens (primary N) is 1. The number of piperidine rings is 1. The number of hydrogen-bond donors (Lipinski definition) is 2. The number of pyridine rings is 1. The molecule has 1 aromatic heterocycles. The molecular formula is C12H17ClN4O2. The molecule has 0 bridgehead atoms. The van der Waals surface area contributed by atoms with E-state index in [1.54, 1.807) is 18.1 Å². The second kappa shape index (κ2) is 6.18. The van der Waals surface area contributed by atoms with Gasteiger partial charge >= 0.3 is 0 Å². The molecule has 0 aliphatic carbocycles. The highest BCUT2D eigenvalue weighted by atomic mass is 35.5. The van der Waals surface area contributed by atoms with Gasteiger partial charge in [0, 0.05) is 26.4 Å². The van der Waals surface area contributed by atoms with Crippen LogP contribution in [0.2, 0.25) is 5.02 Å². The van der Waals surface area contributed by atoms with Crippen LogP contribution >= 0.6 is 11.6 Å². The van der Waals surface area contributed by atoms with Crippen molar-refractivity contribution in [3.05, 3.63) is 22.8 Å². The quantitative estimate of drug-likeness (QED) is 0.645. The van der Waals surface area contributed by atoms with Gasteiger partial charge in [-0.15, -0.1) is 0 Å². The fraction of sp³-hybridized carbons (Fsp3) is 0.500. The molecule has 0 saturated carbocycles. The van der Waals surface area contributed by atoms with E-state index in [0.717, 1.165) is 19.4 Å². The van der Waals surface area contributed by atoms with Crippen LogP contribution in [0.15, 0.2) is 12.3 Å². The van der Waals surface area contributed by atoms with Crippen molar-refractivity contribution in [3.8, 4) is 0 Å². The largest absolute Gasteiger partial charge is 0.380 e. The smallest absolute Gasteiger partial charge is 0.255 e. The van der Waals surface area contributed by atoms with Crippen molar-refractivity contribution in [2.24, 2.45) is 5.84 Å². The highest BCUT2D eigenvalue weighted by Gasteiger charge is 2.24. The molecule has 0 radical (unpaired) electrons. The van der Waals surface area contributed by atoms with Crippen molar-refractivity contribution in [3.63, 3.8) is 0 Å². The maximum absolute atomic E-state index is 12.3. The van der Waals surface area contributed by atoms with Gasteiger partial charge in [-0.2, -0.15) is 0 Å². The first kappa shape index (κ1) is 14.0. The number of nitrogens with one attached hydrogen (secondary N) is 1. The molecule has 1 atom stereocenters. The second-order valence-corrected chi connectivity index (χ2v) is 4.86. The summed E-state index contributed by atoms with van der Waals surface area (Å²) in [5.74, 6) is 5.52. The monoisotopic (exact) mass is 284 g/mol. The third kappa shape index (κ3) is 3.15. The number of amides is 1. The molecule has 1 fully saturated rings. The average Bonchev–Trinajstić information content (AvgIpc) is 2.46. The Hall–Kier alpha value is -1.37. The standard InChI is InChI=1S/C12H17ClN4O2/c1-19-9-3-2-4-17(7-9)12(18)8-5-10(13)11(16-14)15-6-8/h5-6,9H,2-4,7,14H2,1H3,(H,15,16). The van der Waals surface area contributed by atoms with Crippen molar-refractivity contribution >= 4 is 23.3 Å². The van der Waals surface area contributed by atoms with Gasteiger partial charge in [0.1, 0.15) is 0 Å². The normalized spacial score (nSPS) is 19.3. The number of carbonyl (C=O) groups is 1. The Morgan fingerprint density at radius 2 is 2.47 bits per heavy atom. The molecule has 1 aromatic rings. The number of methoxy groups -OCH3 is 1. The number of nitrogens with zero attached hydrogens (tertiary/aromatic N) is 2. The minimum Gasteiger partial charge on any atom is -0.380 e. The molecule has 1 unspecified atom stereocenters. The molecule has 7 heteroatoms. The molecule has 3 N–H and O–H groups in total.